The summed E-state index contributed by atoms with van der Waals surface area (Å²) in [5.74, 6) is -1.95. The molecule has 1 aliphatic carbocycles. The van der Waals surface area contributed by atoms with Crippen LogP contribution in [0.4, 0.5) is 17.6 Å². The van der Waals surface area contributed by atoms with Gasteiger partial charge in [0.05, 0.1) is 18.4 Å². The van der Waals surface area contributed by atoms with Crippen molar-refractivity contribution in [1.82, 2.24) is 10.0 Å². The van der Waals surface area contributed by atoms with E-state index in [1.165, 1.54) is 12.1 Å². The van der Waals surface area contributed by atoms with Crippen LogP contribution in [0.25, 0.3) is 5.57 Å². The summed E-state index contributed by atoms with van der Waals surface area (Å²) in [5.41, 5.74) is 0.410. The second kappa shape index (κ2) is 11.8. The lowest BCUT2D eigenvalue weighted by Crippen LogP contribution is -2.51. The topological polar surface area (TPSA) is 102 Å². The maximum absolute atomic E-state index is 15.4. The molecule has 1 saturated carbocycles. The Morgan fingerprint density at radius 2 is 1.78 bits per heavy atom. The highest BCUT2D eigenvalue weighted by molar-refractivity contribution is 7.89. The lowest BCUT2D eigenvalue weighted by Gasteiger charge is -2.37. The van der Waals surface area contributed by atoms with Crippen LogP contribution in [0.15, 0.2) is 48.0 Å². The van der Waals surface area contributed by atoms with Crippen LogP contribution in [-0.2, 0) is 25.2 Å². The van der Waals surface area contributed by atoms with Crippen molar-refractivity contribution in [1.29, 1.82) is 0 Å². The number of hydrogen-bond acceptors (Lipinski definition) is 5. The number of rotatable bonds is 11. The molecule has 4 rings (SSSR count). The standard InChI is InChI=1S/C29H32F4N2O5S/c1-28(23-13-12-21(16-24(23)30)40-15-5-3-4-14-29(31,32)33)17-22(20-10-8-19(9-11-20)18-6-7-18)25(26(36)34-28)27(37)35-41(2,38)39/h8-13,16,18H,3-7,14-15,17H2,1-2H3,(H,34,36)(H,35,37)/t28-/m0/s1. The van der Waals surface area contributed by atoms with Gasteiger partial charge in [-0.05, 0) is 67.7 Å². The number of hydrogen-bond donors (Lipinski definition) is 2. The number of halogens is 4. The van der Waals surface area contributed by atoms with Crippen LogP contribution in [0.5, 0.6) is 5.75 Å². The fourth-order valence-corrected chi connectivity index (χ4v) is 5.44. The van der Waals surface area contributed by atoms with Crippen molar-refractivity contribution in [3.63, 3.8) is 0 Å². The first-order chi connectivity index (χ1) is 19.2. The van der Waals surface area contributed by atoms with Gasteiger partial charge in [0.2, 0.25) is 10.0 Å². The van der Waals surface area contributed by atoms with Crippen LogP contribution in [0.1, 0.15) is 74.5 Å². The average molecular weight is 597 g/mol. The van der Waals surface area contributed by atoms with Gasteiger partial charge in [-0.15, -0.1) is 0 Å². The number of nitrogens with one attached hydrogen (secondary N) is 2. The molecule has 1 fully saturated rings. The predicted molar refractivity (Wildman–Crippen MR) is 145 cm³/mol. The van der Waals surface area contributed by atoms with Gasteiger partial charge in [0.15, 0.2) is 0 Å². The summed E-state index contributed by atoms with van der Waals surface area (Å²) >= 11 is 0. The number of sulfonamides is 1. The molecule has 0 aromatic heterocycles. The SMILES string of the molecule is C[C@@]1(c2ccc(OCCCCCC(F)(F)F)cc2F)CC(c2ccc(C3CC3)cc2)=C(C(=O)NS(C)(=O)=O)C(=O)N1. The van der Waals surface area contributed by atoms with E-state index in [9.17, 15) is 31.2 Å². The fourth-order valence-electron chi connectivity index (χ4n) is 5.01. The van der Waals surface area contributed by atoms with Crippen LogP contribution in [-0.4, -0.2) is 39.3 Å². The molecule has 1 heterocycles. The maximum Gasteiger partial charge on any atom is 0.389 e. The fraction of sp³-hybridized carbons (Fsp3) is 0.448. The number of ether oxygens (including phenoxy) is 1. The molecule has 2 aromatic rings. The first-order valence-corrected chi connectivity index (χ1v) is 15.2. The van der Waals surface area contributed by atoms with E-state index in [0.717, 1.165) is 30.7 Å². The third-order valence-corrected chi connectivity index (χ3v) is 7.73. The van der Waals surface area contributed by atoms with Gasteiger partial charge in [0, 0.05) is 24.5 Å². The van der Waals surface area contributed by atoms with Gasteiger partial charge in [0.1, 0.15) is 17.1 Å². The molecule has 1 atom stereocenters. The molecule has 0 spiro atoms. The zero-order valence-electron chi connectivity index (χ0n) is 22.7. The number of alkyl halides is 3. The minimum atomic E-state index is -4.20. The zero-order chi connectivity index (χ0) is 30.0. The van der Waals surface area contributed by atoms with E-state index in [1.54, 1.807) is 19.1 Å². The zero-order valence-corrected chi connectivity index (χ0v) is 23.6. The predicted octanol–water partition coefficient (Wildman–Crippen LogP) is 5.47. The van der Waals surface area contributed by atoms with Gasteiger partial charge in [-0.2, -0.15) is 13.2 Å². The highest BCUT2D eigenvalue weighted by Crippen LogP contribution is 2.43. The van der Waals surface area contributed by atoms with Crippen LogP contribution in [0.2, 0.25) is 0 Å². The van der Waals surface area contributed by atoms with Gasteiger partial charge in [-0.25, -0.2) is 17.5 Å². The summed E-state index contributed by atoms with van der Waals surface area (Å²) in [5, 5.41) is 2.68. The Morgan fingerprint density at radius 1 is 1.10 bits per heavy atom. The highest BCUT2D eigenvalue weighted by Gasteiger charge is 2.42. The van der Waals surface area contributed by atoms with Crippen molar-refractivity contribution in [2.75, 3.05) is 12.9 Å². The van der Waals surface area contributed by atoms with Gasteiger partial charge in [-0.3, -0.25) is 9.59 Å². The number of carbonyl (C=O) groups is 2. The molecule has 7 nitrogen and oxygen atoms in total. The number of benzene rings is 2. The molecule has 2 N–H and O–H groups in total. The lowest BCUT2D eigenvalue weighted by atomic mass is 9.78. The summed E-state index contributed by atoms with van der Waals surface area (Å²) in [7, 11) is -3.96. The molecule has 222 valence electrons. The van der Waals surface area contributed by atoms with Crippen molar-refractivity contribution in [3.8, 4) is 5.75 Å². The van der Waals surface area contributed by atoms with E-state index in [-0.39, 0.29) is 41.9 Å². The molecule has 0 radical (unpaired) electrons. The Labute approximate surface area is 236 Å². The van der Waals surface area contributed by atoms with Crippen molar-refractivity contribution >= 4 is 27.4 Å². The summed E-state index contributed by atoms with van der Waals surface area (Å²) < 4.78 is 83.1. The lowest BCUT2D eigenvalue weighted by molar-refractivity contribution is -0.135. The molecule has 2 aliphatic rings. The van der Waals surface area contributed by atoms with Crippen LogP contribution in [0, 0.1) is 5.82 Å². The summed E-state index contributed by atoms with van der Waals surface area (Å²) in [4.78, 5) is 26.2. The molecule has 2 amide bonds. The minimum absolute atomic E-state index is 0.00956. The van der Waals surface area contributed by atoms with Crippen molar-refractivity contribution in [2.45, 2.75) is 69.5 Å². The molecule has 12 heteroatoms. The van der Waals surface area contributed by atoms with Gasteiger partial charge < -0.3 is 10.1 Å². The maximum atomic E-state index is 15.4. The molecule has 41 heavy (non-hydrogen) atoms. The quantitative estimate of drug-likeness (QED) is 0.204. The molecular weight excluding hydrogens is 564 g/mol. The van der Waals surface area contributed by atoms with E-state index in [1.807, 2.05) is 16.9 Å². The summed E-state index contributed by atoms with van der Waals surface area (Å²) in [6.45, 7) is 1.72. The number of unbranched alkanes of at least 4 members (excludes halogenated alkanes) is 2. The van der Waals surface area contributed by atoms with Gasteiger partial charge in [0.25, 0.3) is 11.8 Å². The molecule has 0 unspecified atom stereocenters. The Balaban J connectivity index is 1.56. The number of amides is 2. The smallest absolute Gasteiger partial charge is 0.389 e. The largest absolute Gasteiger partial charge is 0.493 e. The van der Waals surface area contributed by atoms with Crippen LogP contribution < -0.4 is 14.8 Å². The third-order valence-electron chi connectivity index (χ3n) is 7.17. The second-order valence-electron chi connectivity index (χ2n) is 10.8. The molecule has 0 bridgehead atoms. The minimum Gasteiger partial charge on any atom is -0.493 e. The van der Waals surface area contributed by atoms with Gasteiger partial charge >= 0.3 is 6.18 Å². The third kappa shape index (κ3) is 8.08. The first kappa shape index (κ1) is 30.5. The summed E-state index contributed by atoms with van der Waals surface area (Å²) in [6, 6.07) is 11.5. The molecule has 2 aromatic carbocycles. The van der Waals surface area contributed by atoms with E-state index in [4.69, 9.17) is 4.74 Å². The number of carbonyl (C=O) groups excluding carboxylic acids is 2. The Hall–Kier alpha value is -3.41. The van der Waals surface area contributed by atoms with Crippen LogP contribution in [0.3, 0.4) is 0 Å². The van der Waals surface area contributed by atoms with Crippen molar-refractivity contribution < 1.29 is 40.3 Å². The van der Waals surface area contributed by atoms with Crippen molar-refractivity contribution in [3.05, 3.63) is 70.5 Å². The van der Waals surface area contributed by atoms with E-state index in [0.29, 0.717) is 24.3 Å². The van der Waals surface area contributed by atoms with E-state index >= 15 is 4.39 Å². The molecular formula is C29H32F4N2O5S. The summed E-state index contributed by atoms with van der Waals surface area (Å²) in [6.07, 6.45) is -1.41. The van der Waals surface area contributed by atoms with E-state index < -0.39 is 45.8 Å². The average Bonchev–Trinajstić information content (AvgIpc) is 3.69. The first-order valence-electron chi connectivity index (χ1n) is 13.3. The van der Waals surface area contributed by atoms with Gasteiger partial charge in [-0.1, -0.05) is 30.3 Å². The monoisotopic (exact) mass is 596 g/mol. The highest BCUT2D eigenvalue weighted by atomic mass is 32.2. The van der Waals surface area contributed by atoms with Crippen LogP contribution >= 0.6 is 0 Å². The Morgan fingerprint density at radius 3 is 2.37 bits per heavy atom. The second-order valence-corrected chi connectivity index (χ2v) is 12.6. The van der Waals surface area contributed by atoms with E-state index in [2.05, 4.69) is 5.32 Å². The Bertz CT molecular complexity index is 1450. The normalized spacial score (nSPS) is 19.6. The molecule has 1 aliphatic heterocycles. The van der Waals surface area contributed by atoms with Crippen molar-refractivity contribution in [2.24, 2.45) is 0 Å². The molecule has 0 saturated heterocycles. The Kier molecular flexibility index (Phi) is 8.81.